The molecule has 0 heterocycles. The number of para-hydroxylation sites is 2. The molecule has 0 fully saturated rings. The van der Waals surface area contributed by atoms with Crippen molar-refractivity contribution in [2.75, 3.05) is 17.8 Å². The van der Waals surface area contributed by atoms with Crippen LogP contribution < -0.4 is 5.32 Å². The van der Waals surface area contributed by atoms with E-state index in [-0.39, 0.29) is 0 Å². The Kier molecular flexibility index (Phi) is 6.81. The van der Waals surface area contributed by atoms with Crippen molar-refractivity contribution in [2.45, 2.75) is 23.6 Å². The largest absolute Gasteiger partial charge is 0.358 e. The van der Waals surface area contributed by atoms with Gasteiger partial charge < -0.3 is 5.32 Å². The number of benzene rings is 2. The van der Waals surface area contributed by atoms with E-state index in [9.17, 15) is 0 Å². The smallest absolute Gasteiger partial charge is 0.0768 e. The normalized spacial score (nSPS) is 12.3. The highest BCUT2D eigenvalue weighted by molar-refractivity contribution is 7.99. The first-order valence-electron chi connectivity index (χ1n) is 7.40. The van der Waals surface area contributed by atoms with Gasteiger partial charge in [0.15, 0.2) is 0 Å². The summed E-state index contributed by atoms with van der Waals surface area (Å²) >= 11 is 3.46. The quantitative estimate of drug-likeness (QED) is 0.497. The second-order valence-electron chi connectivity index (χ2n) is 5.08. The summed E-state index contributed by atoms with van der Waals surface area (Å²) in [7, 11) is 0. The number of hydrogen-bond acceptors (Lipinski definition) is 4. The number of nitrogens with one attached hydrogen (secondary N) is 1. The number of rotatable bonds is 6. The Morgan fingerprint density at radius 1 is 0.913 bits per heavy atom. The zero-order chi connectivity index (χ0) is 16.7. The van der Waals surface area contributed by atoms with Crippen molar-refractivity contribution in [3.05, 3.63) is 60.3 Å². The van der Waals surface area contributed by atoms with Gasteiger partial charge in [0.05, 0.1) is 11.4 Å². The van der Waals surface area contributed by atoms with Crippen LogP contribution >= 0.6 is 23.5 Å². The van der Waals surface area contributed by atoms with E-state index in [1.165, 1.54) is 9.79 Å². The van der Waals surface area contributed by atoms with E-state index < -0.39 is 0 Å². The lowest BCUT2D eigenvalue weighted by Gasteiger charge is -2.10. The Labute approximate surface area is 147 Å². The number of aliphatic imine (C=N–C) groups is 1. The summed E-state index contributed by atoms with van der Waals surface area (Å²) in [4.78, 5) is 7.16. The van der Waals surface area contributed by atoms with Gasteiger partial charge in [-0.15, -0.1) is 23.5 Å². The third-order valence-corrected chi connectivity index (χ3v) is 4.83. The molecule has 0 unspecified atom stereocenters. The second-order valence-corrected chi connectivity index (χ2v) is 6.77. The van der Waals surface area contributed by atoms with E-state index in [2.05, 4.69) is 61.2 Å². The second kappa shape index (κ2) is 8.85. The molecular formula is C19H22N2S2. The molecule has 0 aliphatic carbocycles. The Balaban J connectivity index is 2.18. The van der Waals surface area contributed by atoms with Crippen LogP contribution in [0.4, 0.5) is 11.4 Å². The highest BCUT2D eigenvalue weighted by Crippen LogP contribution is 2.28. The van der Waals surface area contributed by atoms with Crippen LogP contribution in [0.25, 0.3) is 0 Å². The molecule has 2 aromatic carbocycles. The third kappa shape index (κ3) is 5.19. The molecule has 120 valence electrons. The van der Waals surface area contributed by atoms with Crippen molar-refractivity contribution < 1.29 is 0 Å². The molecule has 0 aromatic heterocycles. The van der Waals surface area contributed by atoms with Crippen LogP contribution in [-0.4, -0.2) is 18.2 Å². The van der Waals surface area contributed by atoms with Crippen molar-refractivity contribution in [3.8, 4) is 0 Å². The van der Waals surface area contributed by atoms with Crippen LogP contribution in [0.15, 0.2) is 75.1 Å². The van der Waals surface area contributed by atoms with Crippen molar-refractivity contribution in [1.82, 2.24) is 0 Å². The summed E-state index contributed by atoms with van der Waals surface area (Å²) in [6, 6.07) is 16.5. The first kappa shape index (κ1) is 17.7. The molecule has 0 atom stereocenters. The predicted octanol–water partition coefficient (Wildman–Crippen LogP) is 6.24. The van der Waals surface area contributed by atoms with E-state index >= 15 is 0 Å². The number of nitrogens with zero attached hydrogens (tertiary/aromatic N) is 1. The summed E-state index contributed by atoms with van der Waals surface area (Å²) in [5.41, 5.74) is 4.21. The first-order valence-corrected chi connectivity index (χ1v) is 9.85. The maximum Gasteiger partial charge on any atom is 0.0768 e. The zero-order valence-electron chi connectivity index (χ0n) is 14.0. The molecule has 2 aromatic rings. The Morgan fingerprint density at radius 3 is 2.22 bits per heavy atom. The van der Waals surface area contributed by atoms with E-state index in [0.717, 1.165) is 22.8 Å². The maximum absolute atomic E-state index is 4.73. The molecule has 0 spiro atoms. The summed E-state index contributed by atoms with van der Waals surface area (Å²) < 4.78 is 0. The standard InChI is InChI=1S/C19H22N2S2/c1-14(20-16-9-5-7-11-18(16)22-3)13-15(2)21-17-10-6-8-12-19(17)23-4/h5-13,20H,1-4H3. The summed E-state index contributed by atoms with van der Waals surface area (Å²) in [5.74, 6) is 0. The number of allylic oxidation sites excluding steroid dienone is 2. The average molecular weight is 343 g/mol. The summed E-state index contributed by atoms with van der Waals surface area (Å²) in [6.45, 7) is 4.10. The fraction of sp³-hybridized carbons (Fsp3) is 0.211. The van der Waals surface area contributed by atoms with E-state index in [1.54, 1.807) is 23.5 Å². The van der Waals surface area contributed by atoms with Crippen molar-refractivity contribution in [1.29, 1.82) is 0 Å². The molecule has 2 rings (SSSR count). The monoisotopic (exact) mass is 342 g/mol. The van der Waals surface area contributed by atoms with Crippen LogP contribution in [0.1, 0.15) is 13.8 Å². The molecule has 0 saturated heterocycles. The Hall–Kier alpha value is -1.65. The number of thioether (sulfide) groups is 2. The molecule has 0 aliphatic heterocycles. The number of anilines is 1. The molecule has 0 amide bonds. The van der Waals surface area contributed by atoms with E-state index in [4.69, 9.17) is 4.99 Å². The Morgan fingerprint density at radius 2 is 1.52 bits per heavy atom. The predicted molar refractivity (Wildman–Crippen MR) is 107 cm³/mol. The molecule has 0 aliphatic rings. The highest BCUT2D eigenvalue weighted by atomic mass is 32.2. The molecule has 0 bridgehead atoms. The van der Waals surface area contributed by atoms with Gasteiger partial charge in [0.1, 0.15) is 0 Å². The molecule has 4 heteroatoms. The van der Waals surface area contributed by atoms with Gasteiger partial charge in [0.2, 0.25) is 0 Å². The number of hydrogen-bond donors (Lipinski definition) is 1. The molecule has 0 saturated carbocycles. The lowest BCUT2D eigenvalue weighted by atomic mass is 10.2. The van der Waals surface area contributed by atoms with Gasteiger partial charge in [-0.2, -0.15) is 0 Å². The van der Waals surface area contributed by atoms with Crippen molar-refractivity contribution in [3.63, 3.8) is 0 Å². The van der Waals surface area contributed by atoms with Crippen LogP contribution in [0.5, 0.6) is 0 Å². The van der Waals surface area contributed by atoms with Gasteiger partial charge in [-0.25, -0.2) is 0 Å². The maximum atomic E-state index is 4.73. The molecule has 23 heavy (non-hydrogen) atoms. The minimum absolute atomic E-state index is 0.984. The van der Waals surface area contributed by atoms with Crippen molar-refractivity contribution >= 4 is 40.6 Å². The van der Waals surface area contributed by atoms with Gasteiger partial charge in [0.25, 0.3) is 0 Å². The lowest BCUT2D eigenvalue weighted by molar-refractivity contribution is 1.32. The summed E-state index contributed by atoms with van der Waals surface area (Å²) in [6.07, 6.45) is 6.24. The first-order chi connectivity index (χ1) is 11.1. The fourth-order valence-electron chi connectivity index (χ4n) is 2.25. The third-order valence-electron chi connectivity index (χ3n) is 3.25. The molecule has 2 nitrogen and oxygen atoms in total. The summed E-state index contributed by atoms with van der Waals surface area (Å²) in [5, 5.41) is 3.46. The van der Waals surface area contributed by atoms with Gasteiger partial charge >= 0.3 is 0 Å². The van der Waals surface area contributed by atoms with Gasteiger partial charge in [0, 0.05) is 21.2 Å². The highest BCUT2D eigenvalue weighted by Gasteiger charge is 2.01. The Bertz CT molecular complexity index is 721. The minimum atomic E-state index is 0.984. The zero-order valence-corrected chi connectivity index (χ0v) is 15.6. The van der Waals surface area contributed by atoms with Gasteiger partial charge in [-0.05, 0) is 56.7 Å². The molecule has 0 radical (unpaired) electrons. The topological polar surface area (TPSA) is 24.4 Å². The SMILES string of the molecule is CSc1ccccc1N=C(C)C=C(C)Nc1ccccc1SC. The van der Waals surface area contributed by atoms with Crippen molar-refractivity contribution in [2.24, 2.45) is 4.99 Å². The minimum Gasteiger partial charge on any atom is -0.358 e. The van der Waals surface area contributed by atoms with E-state index in [0.29, 0.717) is 0 Å². The molecular weight excluding hydrogens is 320 g/mol. The van der Waals surface area contributed by atoms with Gasteiger partial charge in [-0.1, -0.05) is 24.3 Å². The van der Waals surface area contributed by atoms with Crippen LogP contribution in [0.3, 0.4) is 0 Å². The lowest BCUT2D eigenvalue weighted by Crippen LogP contribution is -1.99. The van der Waals surface area contributed by atoms with E-state index in [1.807, 2.05) is 25.1 Å². The van der Waals surface area contributed by atoms with Crippen LogP contribution in [-0.2, 0) is 0 Å². The fourth-order valence-corrected chi connectivity index (χ4v) is 3.35. The van der Waals surface area contributed by atoms with Crippen LogP contribution in [0.2, 0.25) is 0 Å². The van der Waals surface area contributed by atoms with Crippen LogP contribution in [0, 0.1) is 0 Å². The van der Waals surface area contributed by atoms with Gasteiger partial charge in [-0.3, -0.25) is 4.99 Å². The molecule has 1 N–H and O–H groups in total. The average Bonchev–Trinajstić information content (AvgIpc) is 2.55.